The molecule has 0 saturated carbocycles. The van der Waals surface area contributed by atoms with Crippen LogP contribution in [0.2, 0.25) is 5.02 Å². The molecule has 1 aromatic rings. The lowest BCUT2D eigenvalue weighted by atomic mass is 9.95. The van der Waals surface area contributed by atoms with E-state index < -0.39 is 11.6 Å². The van der Waals surface area contributed by atoms with Gasteiger partial charge in [-0.3, -0.25) is 14.5 Å². The Morgan fingerprint density at radius 1 is 1.38 bits per heavy atom. The van der Waals surface area contributed by atoms with E-state index in [9.17, 15) is 14.4 Å². The van der Waals surface area contributed by atoms with Crippen molar-refractivity contribution in [3.8, 4) is 0 Å². The molecule has 0 fully saturated rings. The largest absolute Gasteiger partial charge is 0.350 e. The lowest BCUT2D eigenvalue weighted by molar-refractivity contribution is -0.132. The summed E-state index contributed by atoms with van der Waals surface area (Å²) >= 11 is 6.12. The van der Waals surface area contributed by atoms with Gasteiger partial charge in [-0.05, 0) is 38.5 Å². The summed E-state index contributed by atoms with van der Waals surface area (Å²) in [6.45, 7) is 9.70. The van der Waals surface area contributed by atoms with Crippen molar-refractivity contribution < 1.29 is 14.4 Å². The van der Waals surface area contributed by atoms with Gasteiger partial charge in [0.05, 0.1) is 23.9 Å². The van der Waals surface area contributed by atoms with Gasteiger partial charge in [0.1, 0.15) is 6.54 Å². The minimum atomic E-state index is -0.625. The van der Waals surface area contributed by atoms with Crippen LogP contribution in [0.5, 0.6) is 0 Å². The highest BCUT2D eigenvalue weighted by Gasteiger charge is 2.44. The van der Waals surface area contributed by atoms with E-state index in [-0.39, 0.29) is 37.5 Å². The highest BCUT2D eigenvalue weighted by atomic mass is 35.5. The lowest BCUT2D eigenvalue weighted by Gasteiger charge is -2.33. The standard InChI is InChI=1S/C21H25ClN4O3/c1-5-9-26-15-11-25(12-16(27)24-21(2,3)4)19(28)17(15)18(23-20(26)29)13-7-6-8-14(22)10-13/h5-8,10,18H,1,9,11-12H2,2-4H3,(H,23,29)(H,24,27). The zero-order valence-corrected chi connectivity index (χ0v) is 17.5. The maximum Gasteiger partial charge on any atom is 0.322 e. The van der Waals surface area contributed by atoms with Crippen molar-refractivity contribution in [1.29, 1.82) is 0 Å². The van der Waals surface area contributed by atoms with E-state index in [0.717, 1.165) is 0 Å². The van der Waals surface area contributed by atoms with Crippen molar-refractivity contribution in [3.63, 3.8) is 0 Å². The van der Waals surface area contributed by atoms with Gasteiger partial charge in [-0.2, -0.15) is 0 Å². The third kappa shape index (κ3) is 4.45. The molecule has 29 heavy (non-hydrogen) atoms. The number of urea groups is 1. The van der Waals surface area contributed by atoms with Crippen LogP contribution in [-0.4, -0.2) is 52.8 Å². The molecule has 2 aliphatic rings. The monoisotopic (exact) mass is 416 g/mol. The Labute approximate surface area is 175 Å². The van der Waals surface area contributed by atoms with Gasteiger partial charge in [0.2, 0.25) is 5.91 Å². The second-order valence-corrected chi connectivity index (χ2v) is 8.59. The molecule has 0 radical (unpaired) electrons. The first-order valence-corrected chi connectivity index (χ1v) is 9.76. The van der Waals surface area contributed by atoms with Crippen LogP contribution in [0.4, 0.5) is 4.79 Å². The third-order valence-corrected chi connectivity index (χ3v) is 4.87. The molecule has 0 saturated heterocycles. The van der Waals surface area contributed by atoms with Crippen LogP contribution in [0.25, 0.3) is 0 Å². The summed E-state index contributed by atoms with van der Waals surface area (Å²) in [4.78, 5) is 41.3. The molecule has 2 aliphatic heterocycles. The molecule has 8 heteroatoms. The second-order valence-electron chi connectivity index (χ2n) is 8.16. The Morgan fingerprint density at radius 2 is 2.10 bits per heavy atom. The summed E-state index contributed by atoms with van der Waals surface area (Å²) < 4.78 is 0. The second kappa shape index (κ2) is 7.91. The van der Waals surface area contributed by atoms with Gasteiger partial charge in [-0.15, -0.1) is 6.58 Å². The maximum absolute atomic E-state index is 13.2. The summed E-state index contributed by atoms with van der Waals surface area (Å²) in [6.07, 6.45) is 1.60. The van der Waals surface area contributed by atoms with Crippen molar-refractivity contribution in [1.82, 2.24) is 20.4 Å². The number of benzene rings is 1. The minimum absolute atomic E-state index is 0.0819. The molecule has 3 rings (SSSR count). The number of nitrogens with zero attached hydrogens (tertiary/aromatic N) is 2. The lowest BCUT2D eigenvalue weighted by Crippen LogP contribution is -2.47. The molecule has 154 valence electrons. The van der Waals surface area contributed by atoms with Gasteiger partial charge < -0.3 is 15.5 Å². The fraction of sp³-hybridized carbons (Fsp3) is 0.381. The highest BCUT2D eigenvalue weighted by molar-refractivity contribution is 6.30. The summed E-state index contributed by atoms with van der Waals surface area (Å²) in [7, 11) is 0. The van der Waals surface area contributed by atoms with Crippen molar-refractivity contribution >= 4 is 29.4 Å². The fourth-order valence-electron chi connectivity index (χ4n) is 3.57. The van der Waals surface area contributed by atoms with Crippen LogP contribution in [0.15, 0.2) is 48.2 Å². The Balaban J connectivity index is 1.93. The molecule has 0 aromatic heterocycles. The van der Waals surface area contributed by atoms with Crippen LogP contribution in [0.1, 0.15) is 32.4 Å². The molecule has 2 heterocycles. The fourth-order valence-corrected chi connectivity index (χ4v) is 3.76. The van der Waals surface area contributed by atoms with E-state index in [0.29, 0.717) is 21.9 Å². The van der Waals surface area contributed by atoms with Crippen LogP contribution in [0.3, 0.4) is 0 Å². The minimum Gasteiger partial charge on any atom is -0.350 e. The SMILES string of the molecule is C=CCN1C(=O)NC(c2cccc(Cl)c2)C2=C1CN(CC(=O)NC(C)(C)C)C2=O. The van der Waals surface area contributed by atoms with E-state index in [2.05, 4.69) is 17.2 Å². The predicted molar refractivity (Wildman–Crippen MR) is 111 cm³/mol. The average Bonchev–Trinajstić information content (AvgIpc) is 2.92. The maximum atomic E-state index is 13.2. The average molecular weight is 417 g/mol. The molecule has 2 N–H and O–H groups in total. The molecule has 0 spiro atoms. The molecule has 0 aliphatic carbocycles. The zero-order chi connectivity index (χ0) is 21.3. The van der Waals surface area contributed by atoms with Crippen molar-refractivity contribution in [2.24, 2.45) is 0 Å². The van der Waals surface area contributed by atoms with Crippen LogP contribution in [-0.2, 0) is 9.59 Å². The summed E-state index contributed by atoms with van der Waals surface area (Å²) in [6, 6.07) is 6.10. The van der Waals surface area contributed by atoms with Crippen LogP contribution in [0, 0.1) is 0 Å². The first kappa shape index (κ1) is 20.9. The summed E-state index contributed by atoms with van der Waals surface area (Å²) in [5, 5.41) is 6.26. The molecular weight excluding hydrogens is 392 g/mol. The number of amides is 4. The highest BCUT2D eigenvalue weighted by Crippen LogP contribution is 2.36. The topological polar surface area (TPSA) is 81.8 Å². The molecule has 0 bridgehead atoms. The Kier molecular flexibility index (Phi) is 5.71. The molecule has 1 aromatic carbocycles. The van der Waals surface area contributed by atoms with E-state index in [1.165, 1.54) is 9.80 Å². The van der Waals surface area contributed by atoms with Crippen molar-refractivity contribution in [2.75, 3.05) is 19.6 Å². The van der Waals surface area contributed by atoms with Crippen molar-refractivity contribution in [2.45, 2.75) is 32.4 Å². The Morgan fingerprint density at radius 3 is 2.72 bits per heavy atom. The van der Waals surface area contributed by atoms with Gasteiger partial charge in [-0.1, -0.05) is 29.8 Å². The first-order valence-electron chi connectivity index (χ1n) is 9.38. The molecule has 4 amide bonds. The normalized spacial score (nSPS) is 19.2. The number of hydrogen-bond donors (Lipinski definition) is 2. The predicted octanol–water partition coefficient (Wildman–Crippen LogP) is 2.60. The van der Waals surface area contributed by atoms with Gasteiger partial charge in [0.25, 0.3) is 5.91 Å². The van der Waals surface area contributed by atoms with E-state index in [4.69, 9.17) is 11.6 Å². The molecular formula is C21H25ClN4O3. The summed E-state index contributed by atoms with van der Waals surface area (Å²) in [5.41, 5.74) is 1.36. The number of carbonyl (C=O) groups excluding carboxylic acids is 3. The smallest absolute Gasteiger partial charge is 0.322 e. The van der Waals surface area contributed by atoms with Gasteiger partial charge in [0.15, 0.2) is 0 Å². The number of carbonyl (C=O) groups is 3. The third-order valence-electron chi connectivity index (χ3n) is 4.64. The van der Waals surface area contributed by atoms with Crippen molar-refractivity contribution in [3.05, 3.63) is 58.8 Å². The molecule has 7 nitrogen and oxygen atoms in total. The van der Waals surface area contributed by atoms with Crippen LogP contribution < -0.4 is 10.6 Å². The van der Waals surface area contributed by atoms with Gasteiger partial charge in [-0.25, -0.2) is 4.79 Å². The number of rotatable bonds is 5. The van der Waals surface area contributed by atoms with E-state index in [1.54, 1.807) is 24.3 Å². The summed E-state index contributed by atoms with van der Waals surface area (Å²) in [5.74, 6) is -0.525. The molecule has 1 unspecified atom stereocenters. The molecule has 1 atom stereocenters. The Hall–Kier alpha value is -2.80. The first-order chi connectivity index (χ1) is 13.6. The number of halogens is 1. The van der Waals surface area contributed by atoms with Crippen LogP contribution >= 0.6 is 11.6 Å². The number of nitrogens with one attached hydrogen (secondary N) is 2. The quantitative estimate of drug-likeness (QED) is 0.724. The number of hydrogen-bond acceptors (Lipinski definition) is 3. The Bertz CT molecular complexity index is 903. The van der Waals surface area contributed by atoms with E-state index >= 15 is 0 Å². The zero-order valence-electron chi connectivity index (χ0n) is 16.8. The van der Waals surface area contributed by atoms with Gasteiger partial charge >= 0.3 is 6.03 Å². The van der Waals surface area contributed by atoms with Gasteiger partial charge in [0, 0.05) is 17.1 Å². The van der Waals surface area contributed by atoms with E-state index in [1.807, 2.05) is 26.8 Å².